The van der Waals surface area contributed by atoms with E-state index < -0.39 is 0 Å². The molecule has 1 aliphatic carbocycles. The van der Waals surface area contributed by atoms with Crippen molar-refractivity contribution in [2.45, 2.75) is 70.9 Å². The zero-order valence-corrected chi connectivity index (χ0v) is 11.9. The van der Waals surface area contributed by atoms with Gasteiger partial charge in [0.15, 0.2) is 0 Å². The van der Waals surface area contributed by atoms with Crippen LogP contribution >= 0.6 is 0 Å². The third-order valence-corrected chi connectivity index (χ3v) is 4.57. The van der Waals surface area contributed by atoms with Crippen LogP contribution in [0.5, 0.6) is 0 Å². The molecule has 2 atom stereocenters. The van der Waals surface area contributed by atoms with Crippen LogP contribution in [0.25, 0.3) is 0 Å². The first kappa shape index (κ1) is 13.9. The minimum Gasteiger partial charge on any atom is -0.338 e. The fraction of sp³-hybridized carbons (Fsp3) is 0.933. The Bertz CT molecular complexity index is 284. The van der Waals surface area contributed by atoms with Crippen molar-refractivity contribution in [3.05, 3.63) is 0 Å². The van der Waals surface area contributed by atoms with Crippen LogP contribution in [0.15, 0.2) is 0 Å². The highest BCUT2D eigenvalue weighted by molar-refractivity contribution is 5.82. The number of nitrogens with zero attached hydrogens (tertiary/aromatic N) is 1. The summed E-state index contributed by atoms with van der Waals surface area (Å²) in [5, 5.41) is 0. The Morgan fingerprint density at radius 3 is 2.50 bits per heavy atom. The van der Waals surface area contributed by atoms with E-state index in [2.05, 4.69) is 18.7 Å². The lowest BCUT2D eigenvalue weighted by molar-refractivity contribution is -0.134. The van der Waals surface area contributed by atoms with E-state index in [0.29, 0.717) is 12.0 Å². The molecule has 0 bridgehead atoms. The molecule has 3 heteroatoms. The lowest BCUT2D eigenvalue weighted by Gasteiger charge is -2.31. The molecule has 2 aliphatic rings. The summed E-state index contributed by atoms with van der Waals surface area (Å²) in [6, 6.07) is 0.213. The molecule has 2 unspecified atom stereocenters. The molecule has 0 aromatic carbocycles. The second kappa shape index (κ2) is 6.05. The number of nitrogens with two attached hydrogens (primary N) is 1. The van der Waals surface area contributed by atoms with Crippen LogP contribution in [0.2, 0.25) is 0 Å². The largest absolute Gasteiger partial charge is 0.338 e. The molecule has 104 valence electrons. The van der Waals surface area contributed by atoms with E-state index in [1.54, 1.807) is 0 Å². The van der Waals surface area contributed by atoms with Crippen LogP contribution in [-0.2, 0) is 4.79 Å². The highest BCUT2D eigenvalue weighted by Gasteiger charge is 2.37. The van der Waals surface area contributed by atoms with Crippen molar-refractivity contribution < 1.29 is 4.79 Å². The SMILES string of the molecule is CC(C)CC(N)C(=O)N1CCCC1C1CCCC1. The molecule has 1 saturated heterocycles. The smallest absolute Gasteiger partial charge is 0.239 e. The summed E-state index contributed by atoms with van der Waals surface area (Å²) in [6.07, 6.45) is 8.50. The molecular formula is C15H28N2O. The molecular weight excluding hydrogens is 224 g/mol. The number of rotatable bonds is 4. The molecule has 3 nitrogen and oxygen atoms in total. The van der Waals surface area contributed by atoms with Crippen molar-refractivity contribution in [3.8, 4) is 0 Å². The van der Waals surface area contributed by atoms with Crippen molar-refractivity contribution >= 4 is 5.91 Å². The summed E-state index contributed by atoms with van der Waals surface area (Å²) in [5.74, 6) is 1.46. The second-order valence-electron chi connectivity index (χ2n) is 6.52. The van der Waals surface area contributed by atoms with Crippen molar-refractivity contribution in [2.75, 3.05) is 6.54 Å². The minimum atomic E-state index is -0.285. The van der Waals surface area contributed by atoms with Gasteiger partial charge in [-0.1, -0.05) is 26.7 Å². The van der Waals surface area contributed by atoms with Crippen LogP contribution in [-0.4, -0.2) is 29.4 Å². The van der Waals surface area contributed by atoms with Gasteiger partial charge in [0.1, 0.15) is 0 Å². The maximum Gasteiger partial charge on any atom is 0.239 e. The third kappa shape index (κ3) is 3.05. The number of likely N-dealkylation sites (tertiary alicyclic amines) is 1. The summed E-state index contributed by atoms with van der Waals surface area (Å²) >= 11 is 0. The minimum absolute atomic E-state index is 0.207. The Hall–Kier alpha value is -0.570. The van der Waals surface area contributed by atoms with E-state index in [1.165, 1.54) is 38.5 Å². The topological polar surface area (TPSA) is 46.3 Å². The van der Waals surface area contributed by atoms with Crippen LogP contribution in [0.4, 0.5) is 0 Å². The Morgan fingerprint density at radius 1 is 1.22 bits per heavy atom. The summed E-state index contributed by atoms with van der Waals surface area (Å²) in [4.78, 5) is 14.6. The zero-order valence-electron chi connectivity index (χ0n) is 11.9. The molecule has 2 fully saturated rings. The lowest BCUT2D eigenvalue weighted by atomic mass is 9.95. The molecule has 1 saturated carbocycles. The molecule has 2 N–H and O–H groups in total. The predicted molar refractivity (Wildman–Crippen MR) is 74.1 cm³/mol. The molecule has 18 heavy (non-hydrogen) atoms. The average molecular weight is 252 g/mol. The monoisotopic (exact) mass is 252 g/mol. The van der Waals surface area contributed by atoms with Gasteiger partial charge in [0.2, 0.25) is 5.91 Å². The van der Waals surface area contributed by atoms with E-state index in [1.807, 2.05) is 0 Å². The second-order valence-corrected chi connectivity index (χ2v) is 6.52. The first-order valence-corrected chi connectivity index (χ1v) is 7.65. The van der Waals surface area contributed by atoms with E-state index in [4.69, 9.17) is 5.73 Å². The highest BCUT2D eigenvalue weighted by Crippen LogP contribution is 2.35. The lowest BCUT2D eigenvalue weighted by Crippen LogP contribution is -2.48. The van der Waals surface area contributed by atoms with Crippen molar-refractivity contribution in [1.82, 2.24) is 4.90 Å². The number of hydrogen-bond donors (Lipinski definition) is 1. The van der Waals surface area contributed by atoms with E-state index in [-0.39, 0.29) is 11.9 Å². The maximum absolute atomic E-state index is 12.4. The average Bonchev–Trinajstić information content (AvgIpc) is 2.97. The van der Waals surface area contributed by atoms with Crippen molar-refractivity contribution in [3.63, 3.8) is 0 Å². The molecule has 1 aliphatic heterocycles. The molecule has 0 aromatic rings. The van der Waals surface area contributed by atoms with Crippen LogP contribution in [0.1, 0.15) is 58.8 Å². The third-order valence-electron chi connectivity index (χ3n) is 4.57. The van der Waals surface area contributed by atoms with Gasteiger partial charge in [-0.3, -0.25) is 4.79 Å². The van der Waals surface area contributed by atoms with Crippen LogP contribution in [0, 0.1) is 11.8 Å². The standard InChI is InChI=1S/C15H28N2O/c1-11(2)10-13(16)15(18)17-9-5-8-14(17)12-6-3-4-7-12/h11-14H,3-10,16H2,1-2H3. The summed E-state index contributed by atoms with van der Waals surface area (Å²) < 4.78 is 0. The zero-order chi connectivity index (χ0) is 13.1. The van der Waals surface area contributed by atoms with Crippen molar-refractivity contribution in [2.24, 2.45) is 17.6 Å². The molecule has 2 rings (SSSR count). The quantitative estimate of drug-likeness (QED) is 0.835. The fourth-order valence-corrected chi connectivity index (χ4v) is 3.72. The van der Waals surface area contributed by atoms with E-state index in [0.717, 1.165) is 18.9 Å². The van der Waals surface area contributed by atoms with Gasteiger partial charge in [-0.05, 0) is 43.9 Å². The van der Waals surface area contributed by atoms with Gasteiger partial charge in [0.25, 0.3) is 0 Å². The van der Waals surface area contributed by atoms with E-state index in [9.17, 15) is 4.79 Å². The Balaban J connectivity index is 1.95. The molecule has 1 heterocycles. The summed E-state index contributed by atoms with van der Waals surface area (Å²) in [5.41, 5.74) is 6.07. The number of hydrogen-bond acceptors (Lipinski definition) is 2. The summed E-state index contributed by atoms with van der Waals surface area (Å²) in [6.45, 7) is 5.20. The van der Waals surface area contributed by atoms with Gasteiger partial charge in [-0.15, -0.1) is 0 Å². The van der Waals surface area contributed by atoms with Gasteiger partial charge >= 0.3 is 0 Å². The normalized spacial score (nSPS) is 27.1. The molecule has 0 radical (unpaired) electrons. The Morgan fingerprint density at radius 2 is 1.89 bits per heavy atom. The number of amides is 1. The molecule has 0 aromatic heterocycles. The predicted octanol–water partition coefficient (Wildman–Crippen LogP) is 2.54. The van der Waals surface area contributed by atoms with Gasteiger partial charge < -0.3 is 10.6 Å². The fourth-order valence-electron chi connectivity index (χ4n) is 3.72. The maximum atomic E-state index is 12.4. The van der Waals surface area contributed by atoms with Crippen LogP contribution in [0.3, 0.4) is 0 Å². The Labute approximate surface area is 111 Å². The van der Waals surface area contributed by atoms with Gasteiger partial charge in [0.05, 0.1) is 6.04 Å². The molecule has 1 amide bonds. The summed E-state index contributed by atoms with van der Waals surface area (Å²) in [7, 11) is 0. The first-order valence-electron chi connectivity index (χ1n) is 7.65. The van der Waals surface area contributed by atoms with E-state index >= 15 is 0 Å². The highest BCUT2D eigenvalue weighted by atomic mass is 16.2. The number of carbonyl (C=O) groups is 1. The van der Waals surface area contributed by atoms with Gasteiger partial charge in [-0.2, -0.15) is 0 Å². The first-order chi connectivity index (χ1) is 8.59. The van der Waals surface area contributed by atoms with Crippen LogP contribution < -0.4 is 5.73 Å². The number of carbonyl (C=O) groups excluding carboxylic acids is 1. The van der Waals surface area contributed by atoms with Gasteiger partial charge in [-0.25, -0.2) is 0 Å². The Kier molecular flexibility index (Phi) is 4.66. The van der Waals surface area contributed by atoms with Gasteiger partial charge in [0, 0.05) is 12.6 Å². The van der Waals surface area contributed by atoms with Crippen molar-refractivity contribution in [1.29, 1.82) is 0 Å². The molecule has 0 spiro atoms.